The van der Waals surface area contributed by atoms with Crippen LogP contribution in [0.5, 0.6) is 5.75 Å². The molecule has 0 spiro atoms. The highest BCUT2D eigenvalue weighted by Crippen LogP contribution is 2.29. The number of amides is 1. The van der Waals surface area contributed by atoms with E-state index in [1.54, 1.807) is 0 Å². The second-order valence-electron chi connectivity index (χ2n) is 9.03. The van der Waals surface area contributed by atoms with Crippen LogP contribution in [0.2, 0.25) is 0 Å². The van der Waals surface area contributed by atoms with Crippen LogP contribution < -0.4 is 10.1 Å². The lowest BCUT2D eigenvalue weighted by Crippen LogP contribution is -2.51. The van der Waals surface area contributed by atoms with E-state index in [0.29, 0.717) is 24.4 Å². The molecule has 0 radical (unpaired) electrons. The lowest BCUT2D eigenvalue weighted by Gasteiger charge is -2.37. The molecular weight excluding hydrogens is 350 g/mol. The van der Waals surface area contributed by atoms with Gasteiger partial charge in [0, 0.05) is 45.2 Å². The lowest BCUT2D eigenvalue weighted by atomic mass is 9.78. The molecule has 28 heavy (non-hydrogen) atoms. The van der Waals surface area contributed by atoms with Crippen molar-refractivity contribution in [2.24, 2.45) is 11.8 Å². The molecule has 0 unspecified atom stereocenters. The summed E-state index contributed by atoms with van der Waals surface area (Å²) in [6.07, 6.45) is 4.71. The van der Waals surface area contributed by atoms with Gasteiger partial charge in [-0.3, -0.25) is 14.6 Å². The molecule has 5 heteroatoms. The summed E-state index contributed by atoms with van der Waals surface area (Å²) in [7, 11) is 0. The average molecular weight is 386 g/mol. The summed E-state index contributed by atoms with van der Waals surface area (Å²) >= 11 is 0. The van der Waals surface area contributed by atoms with Crippen molar-refractivity contribution in [1.29, 1.82) is 0 Å². The Morgan fingerprint density at radius 3 is 2.75 bits per heavy atom. The van der Waals surface area contributed by atoms with Gasteiger partial charge in [0.15, 0.2) is 0 Å². The fourth-order valence-corrected chi connectivity index (χ4v) is 4.94. The zero-order valence-corrected chi connectivity index (χ0v) is 17.5. The van der Waals surface area contributed by atoms with E-state index in [1.807, 2.05) is 0 Å². The van der Waals surface area contributed by atoms with E-state index in [0.717, 1.165) is 57.9 Å². The Hall–Kier alpha value is -1.59. The third-order valence-corrected chi connectivity index (χ3v) is 7.05. The van der Waals surface area contributed by atoms with Gasteiger partial charge in [0.2, 0.25) is 5.91 Å². The van der Waals surface area contributed by atoms with E-state index in [2.05, 4.69) is 47.2 Å². The zero-order valence-electron chi connectivity index (χ0n) is 17.5. The van der Waals surface area contributed by atoms with Crippen LogP contribution in [0.1, 0.15) is 44.2 Å². The van der Waals surface area contributed by atoms with E-state index >= 15 is 0 Å². The number of nitrogens with zero attached hydrogens (tertiary/aromatic N) is 2. The number of piperazine rings is 1. The first-order valence-corrected chi connectivity index (χ1v) is 11.1. The fraction of sp³-hybridized carbons (Fsp3) is 0.696. The molecule has 4 rings (SSSR count). The standard InChI is InChI=1S/C23H35N3O2/c1-17-4-3-5-21(18(17)2)24-23(27)16-26-11-9-25(10-12-26)15-19-6-7-22-20(14-19)8-13-28-22/h6-7,14,17-18,21H,3-5,8-13,15-16H2,1-2H3,(H,24,27)/t17-,18-,21+/m1/s1. The zero-order chi connectivity index (χ0) is 19.5. The van der Waals surface area contributed by atoms with Crippen LogP contribution in [0.15, 0.2) is 18.2 Å². The van der Waals surface area contributed by atoms with Gasteiger partial charge in [-0.05, 0) is 35.4 Å². The third-order valence-electron chi connectivity index (χ3n) is 7.05. The second kappa shape index (κ2) is 8.83. The SMILES string of the molecule is C[C@@H]1[C@H](C)CCC[C@@H]1NC(=O)CN1CCN(Cc2ccc3c(c2)CCO3)CC1. The van der Waals surface area contributed by atoms with Crippen molar-refractivity contribution >= 4 is 5.91 Å². The first kappa shape index (κ1) is 19.7. The Morgan fingerprint density at radius 2 is 1.93 bits per heavy atom. The maximum atomic E-state index is 12.5. The van der Waals surface area contributed by atoms with Crippen LogP contribution >= 0.6 is 0 Å². The molecule has 1 saturated carbocycles. The highest BCUT2D eigenvalue weighted by atomic mass is 16.5. The summed E-state index contributed by atoms with van der Waals surface area (Å²) in [6, 6.07) is 6.97. The summed E-state index contributed by atoms with van der Waals surface area (Å²) in [5.41, 5.74) is 2.72. The average Bonchev–Trinajstić information content (AvgIpc) is 3.15. The van der Waals surface area contributed by atoms with Gasteiger partial charge < -0.3 is 10.1 Å². The molecule has 1 aliphatic carbocycles. The topological polar surface area (TPSA) is 44.8 Å². The minimum Gasteiger partial charge on any atom is -0.493 e. The number of hydrogen-bond acceptors (Lipinski definition) is 4. The van der Waals surface area contributed by atoms with Gasteiger partial charge in [-0.1, -0.05) is 38.8 Å². The Kier molecular flexibility index (Phi) is 6.22. The Bertz CT molecular complexity index is 684. The van der Waals surface area contributed by atoms with Gasteiger partial charge in [-0.15, -0.1) is 0 Å². The quantitative estimate of drug-likeness (QED) is 0.846. The molecule has 1 N–H and O–H groups in total. The van der Waals surface area contributed by atoms with Crippen molar-refractivity contribution in [3.63, 3.8) is 0 Å². The highest BCUT2D eigenvalue weighted by Gasteiger charge is 2.29. The van der Waals surface area contributed by atoms with Gasteiger partial charge in [0.05, 0.1) is 13.2 Å². The van der Waals surface area contributed by atoms with Gasteiger partial charge >= 0.3 is 0 Å². The molecule has 0 aromatic heterocycles. The van der Waals surface area contributed by atoms with E-state index < -0.39 is 0 Å². The summed E-state index contributed by atoms with van der Waals surface area (Å²) in [5, 5.41) is 3.32. The molecule has 1 saturated heterocycles. The monoisotopic (exact) mass is 385 g/mol. The predicted octanol–water partition coefficient (Wildman–Crippen LogP) is 2.68. The maximum absolute atomic E-state index is 12.5. The number of nitrogens with one attached hydrogen (secondary N) is 1. The highest BCUT2D eigenvalue weighted by molar-refractivity contribution is 5.78. The maximum Gasteiger partial charge on any atom is 0.234 e. The molecular formula is C23H35N3O2. The summed E-state index contributed by atoms with van der Waals surface area (Å²) < 4.78 is 5.60. The number of rotatable bonds is 5. The molecule has 2 aliphatic heterocycles. The number of hydrogen-bond donors (Lipinski definition) is 1. The smallest absolute Gasteiger partial charge is 0.234 e. The number of ether oxygens (including phenoxy) is 1. The Morgan fingerprint density at radius 1 is 1.14 bits per heavy atom. The van der Waals surface area contributed by atoms with E-state index in [1.165, 1.54) is 24.0 Å². The number of carbonyl (C=O) groups is 1. The van der Waals surface area contributed by atoms with Crippen LogP contribution in [0, 0.1) is 11.8 Å². The number of benzene rings is 1. The second-order valence-corrected chi connectivity index (χ2v) is 9.03. The Balaban J connectivity index is 1.20. The van der Waals surface area contributed by atoms with E-state index in [9.17, 15) is 4.79 Å². The van der Waals surface area contributed by atoms with Crippen LogP contribution in [-0.4, -0.2) is 61.1 Å². The first-order valence-electron chi connectivity index (χ1n) is 11.1. The minimum absolute atomic E-state index is 0.207. The predicted molar refractivity (Wildman–Crippen MR) is 111 cm³/mol. The van der Waals surface area contributed by atoms with Crippen LogP contribution in [0.4, 0.5) is 0 Å². The van der Waals surface area contributed by atoms with Gasteiger partial charge in [0.25, 0.3) is 0 Å². The number of fused-ring (bicyclic) bond motifs is 1. The molecule has 1 aromatic rings. The summed E-state index contributed by atoms with van der Waals surface area (Å²) in [4.78, 5) is 17.3. The molecule has 154 valence electrons. The largest absolute Gasteiger partial charge is 0.493 e. The van der Waals surface area contributed by atoms with Crippen molar-refractivity contribution in [3.8, 4) is 5.75 Å². The Labute approximate surface area is 169 Å². The van der Waals surface area contributed by atoms with E-state index in [4.69, 9.17) is 4.74 Å². The van der Waals surface area contributed by atoms with Gasteiger partial charge in [-0.2, -0.15) is 0 Å². The van der Waals surface area contributed by atoms with E-state index in [-0.39, 0.29) is 5.91 Å². The summed E-state index contributed by atoms with van der Waals surface area (Å²) in [6.45, 7) is 10.9. The molecule has 3 aliphatic rings. The van der Waals surface area contributed by atoms with Gasteiger partial charge in [-0.25, -0.2) is 0 Å². The van der Waals surface area contributed by atoms with Crippen molar-refractivity contribution in [2.45, 2.75) is 52.1 Å². The molecule has 2 fully saturated rings. The van der Waals surface area contributed by atoms with Gasteiger partial charge in [0.1, 0.15) is 5.75 Å². The van der Waals surface area contributed by atoms with Crippen molar-refractivity contribution in [1.82, 2.24) is 15.1 Å². The molecule has 5 nitrogen and oxygen atoms in total. The minimum atomic E-state index is 0.207. The molecule has 2 heterocycles. The van der Waals surface area contributed by atoms with Crippen molar-refractivity contribution < 1.29 is 9.53 Å². The molecule has 1 aromatic carbocycles. The summed E-state index contributed by atoms with van der Waals surface area (Å²) in [5.74, 6) is 2.57. The number of carbonyl (C=O) groups excluding carboxylic acids is 1. The lowest BCUT2D eigenvalue weighted by molar-refractivity contribution is -0.124. The van der Waals surface area contributed by atoms with Crippen LogP contribution in [-0.2, 0) is 17.8 Å². The van der Waals surface area contributed by atoms with Crippen LogP contribution in [0.25, 0.3) is 0 Å². The van der Waals surface area contributed by atoms with Crippen molar-refractivity contribution in [3.05, 3.63) is 29.3 Å². The van der Waals surface area contributed by atoms with Crippen LogP contribution in [0.3, 0.4) is 0 Å². The molecule has 3 atom stereocenters. The normalized spacial score (nSPS) is 28.6. The first-order chi connectivity index (χ1) is 13.6. The fourth-order valence-electron chi connectivity index (χ4n) is 4.94. The van der Waals surface area contributed by atoms with Crippen molar-refractivity contribution in [2.75, 3.05) is 39.3 Å². The molecule has 0 bridgehead atoms. The third kappa shape index (κ3) is 4.69. The molecule has 1 amide bonds.